The summed E-state index contributed by atoms with van der Waals surface area (Å²) in [4.78, 5) is 40.4. The van der Waals surface area contributed by atoms with Gasteiger partial charge in [-0.15, -0.1) is 0 Å². The average Bonchev–Trinajstić information content (AvgIpc) is 3.20. The van der Waals surface area contributed by atoms with Crippen LogP contribution in [0.5, 0.6) is 5.75 Å². The number of hydrogen-bond acceptors (Lipinski definition) is 9. The third-order valence-electron chi connectivity index (χ3n) is 5.33. The molecule has 0 spiro atoms. The number of benzene rings is 1. The van der Waals surface area contributed by atoms with E-state index in [1.165, 1.54) is 31.1 Å². The van der Waals surface area contributed by atoms with Gasteiger partial charge in [0.15, 0.2) is 0 Å². The quantitative estimate of drug-likeness (QED) is 0.258. The van der Waals surface area contributed by atoms with Crippen LogP contribution in [0.4, 0.5) is 0 Å². The van der Waals surface area contributed by atoms with Crippen molar-refractivity contribution >= 4 is 35.7 Å². The fourth-order valence-electron chi connectivity index (χ4n) is 3.51. The number of aliphatic hydroxyl groups is 1. The highest BCUT2D eigenvalue weighted by Gasteiger charge is 2.43. The Morgan fingerprint density at radius 3 is 2.70 bits per heavy atom. The van der Waals surface area contributed by atoms with Gasteiger partial charge in [-0.3, -0.25) is 23.7 Å². The second-order valence-corrected chi connectivity index (χ2v) is 10.8. The largest absolute Gasteiger partial charge is 0.465 e. The summed E-state index contributed by atoms with van der Waals surface area (Å²) in [6.07, 6.45) is -0.250. The van der Waals surface area contributed by atoms with Crippen molar-refractivity contribution in [3.63, 3.8) is 0 Å². The second-order valence-electron chi connectivity index (χ2n) is 8.63. The Morgan fingerprint density at radius 1 is 1.35 bits per heavy atom. The van der Waals surface area contributed by atoms with E-state index >= 15 is 0 Å². The van der Waals surface area contributed by atoms with Crippen LogP contribution in [0.3, 0.4) is 0 Å². The minimum absolute atomic E-state index is 0.00301. The predicted molar refractivity (Wildman–Crippen MR) is 138 cm³/mol. The van der Waals surface area contributed by atoms with Crippen LogP contribution in [0.25, 0.3) is 6.08 Å². The normalized spacial score (nSPS) is 21.6. The summed E-state index contributed by atoms with van der Waals surface area (Å²) in [6, 6.07) is 8.22. The van der Waals surface area contributed by atoms with E-state index in [0.717, 1.165) is 4.57 Å². The molecule has 1 aromatic heterocycles. The monoisotopic (exact) mass is 601 g/mol. The zero-order chi connectivity index (χ0) is 27.2. The van der Waals surface area contributed by atoms with E-state index < -0.39 is 55.5 Å². The first-order chi connectivity index (χ1) is 17.5. The predicted octanol–water partition coefficient (Wildman–Crippen LogP) is 2.69. The number of hydrogen-bond donors (Lipinski definition) is 3. The highest BCUT2D eigenvalue weighted by molar-refractivity contribution is 9.11. The van der Waals surface area contributed by atoms with Gasteiger partial charge in [0, 0.05) is 12.6 Å². The molecule has 0 radical (unpaired) electrons. The molecule has 2 unspecified atom stereocenters. The van der Waals surface area contributed by atoms with Gasteiger partial charge in [-0.2, -0.15) is 5.09 Å². The molecule has 12 nitrogen and oxygen atoms in total. The second kappa shape index (κ2) is 12.3. The zero-order valence-electron chi connectivity index (χ0n) is 20.5. The number of esters is 1. The van der Waals surface area contributed by atoms with Gasteiger partial charge < -0.3 is 19.1 Å². The van der Waals surface area contributed by atoms with Gasteiger partial charge in [-0.25, -0.2) is 9.36 Å². The van der Waals surface area contributed by atoms with Crippen LogP contribution in [-0.2, 0) is 23.4 Å². The van der Waals surface area contributed by atoms with Crippen LogP contribution < -0.4 is 20.9 Å². The number of rotatable bonds is 11. The molecule has 14 heteroatoms. The Hall–Kier alpha value is -2.54. The standard InChI is InChI=1S/C23H29BrN3O9P/c1-4-33-21(30)23(2,3)26-37(32,36-16-8-6-5-7-9-16)34-14-18-17(28)12-19(35-18)27-13-15(10-11-24)20(29)25-22(27)31/h5-11,13,17-19,28H,4,12,14H2,1-3H3,(H,26,32)(H,25,29,31)/b11-10+/t17?,18-,19-,37?/m1/s1. The van der Waals surface area contributed by atoms with Crippen LogP contribution in [-0.4, -0.2) is 51.6 Å². The molecule has 1 aliphatic rings. The molecular formula is C23H29BrN3O9P. The van der Waals surface area contributed by atoms with Crippen molar-refractivity contribution in [1.82, 2.24) is 14.6 Å². The lowest BCUT2D eigenvalue weighted by Gasteiger charge is -2.29. The number of carbonyl (C=O) groups excluding carboxylic acids is 1. The fraction of sp³-hybridized carbons (Fsp3) is 0.435. The molecule has 0 bridgehead atoms. The maximum atomic E-state index is 13.7. The van der Waals surface area contributed by atoms with Crippen LogP contribution in [0.2, 0.25) is 0 Å². The molecule has 3 rings (SSSR count). The number of halogens is 1. The highest BCUT2D eigenvalue weighted by Crippen LogP contribution is 2.47. The molecule has 202 valence electrons. The molecule has 2 heterocycles. The molecule has 0 amide bonds. The van der Waals surface area contributed by atoms with Crippen LogP contribution in [0.1, 0.15) is 39.0 Å². The van der Waals surface area contributed by atoms with Crippen LogP contribution in [0.15, 0.2) is 51.1 Å². The van der Waals surface area contributed by atoms with Crippen molar-refractivity contribution in [3.05, 3.63) is 67.9 Å². The zero-order valence-corrected chi connectivity index (χ0v) is 22.9. The number of aromatic nitrogens is 2. The van der Waals surface area contributed by atoms with Gasteiger partial charge in [0.05, 0.1) is 24.9 Å². The number of carbonyl (C=O) groups is 1. The van der Waals surface area contributed by atoms with Crippen LogP contribution in [0, 0.1) is 0 Å². The van der Waals surface area contributed by atoms with Crippen molar-refractivity contribution in [3.8, 4) is 5.75 Å². The third kappa shape index (κ3) is 7.50. The average molecular weight is 602 g/mol. The Bertz CT molecular complexity index is 1280. The summed E-state index contributed by atoms with van der Waals surface area (Å²) in [6.45, 7) is 4.30. The minimum atomic E-state index is -4.22. The molecule has 2 aromatic rings. The highest BCUT2D eigenvalue weighted by atomic mass is 79.9. The maximum absolute atomic E-state index is 13.7. The molecule has 1 fully saturated rings. The number of nitrogens with zero attached hydrogens (tertiary/aromatic N) is 1. The summed E-state index contributed by atoms with van der Waals surface area (Å²) >= 11 is 3.09. The Labute approximate surface area is 221 Å². The molecule has 0 aliphatic carbocycles. The Balaban J connectivity index is 1.79. The first-order valence-corrected chi connectivity index (χ1v) is 13.9. The number of nitrogens with one attached hydrogen (secondary N) is 2. The first-order valence-electron chi connectivity index (χ1n) is 11.4. The van der Waals surface area contributed by atoms with Gasteiger partial charge in [0.1, 0.15) is 23.6 Å². The number of ether oxygens (including phenoxy) is 2. The van der Waals surface area contributed by atoms with E-state index in [0.29, 0.717) is 0 Å². The number of aromatic amines is 1. The fourth-order valence-corrected chi connectivity index (χ4v) is 5.48. The van der Waals surface area contributed by atoms with Crippen LogP contribution >= 0.6 is 23.7 Å². The van der Waals surface area contributed by atoms with E-state index in [9.17, 15) is 24.1 Å². The summed E-state index contributed by atoms with van der Waals surface area (Å²) < 4.78 is 37.0. The SMILES string of the molecule is CCOC(=O)C(C)(C)NP(=O)(OC[C@H]1O[C@@H](n2cc(/C=C/Br)c(=O)[nH]c2=O)CC1O)Oc1ccccc1. The summed E-state index contributed by atoms with van der Waals surface area (Å²) in [5, 5.41) is 13.2. The summed E-state index contributed by atoms with van der Waals surface area (Å²) in [7, 11) is -4.22. The lowest BCUT2D eigenvalue weighted by atomic mass is 10.1. The number of para-hydroxylation sites is 1. The number of aliphatic hydroxyl groups excluding tert-OH is 1. The smallest absolute Gasteiger partial charge is 0.459 e. The van der Waals surface area contributed by atoms with Crippen molar-refractivity contribution in [2.45, 2.75) is 51.2 Å². The molecule has 0 saturated carbocycles. The van der Waals surface area contributed by atoms with Crippen molar-refractivity contribution < 1.29 is 33.0 Å². The van der Waals surface area contributed by atoms with E-state index in [1.807, 2.05) is 0 Å². The van der Waals surface area contributed by atoms with Gasteiger partial charge in [0.2, 0.25) is 0 Å². The van der Waals surface area contributed by atoms with Gasteiger partial charge in [-0.05, 0) is 44.0 Å². The number of H-pyrrole nitrogens is 1. The lowest BCUT2D eigenvalue weighted by molar-refractivity contribution is -0.149. The molecule has 3 N–H and O–H groups in total. The maximum Gasteiger partial charge on any atom is 0.459 e. The Kier molecular flexibility index (Phi) is 9.68. The topological polar surface area (TPSA) is 158 Å². The van der Waals surface area contributed by atoms with E-state index in [4.69, 9.17) is 18.5 Å². The van der Waals surface area contributed by atoms with E-state index in [2.05, 4.69) is 26.0 Å². The van der Waals surface area contributed by atoms with Crippen molar-refractivity contribution in [2.24, 2.45) is 0 Å². The summed E-state index contributed by atoms with van der Waals surface area (Å²) in [5.74, 6) is -0.450. The van der Waals surface area contributed by atoms with Gasteiger partial charge in [0.25, 0.3) is 5.56 Å². The van der Waals surface area contributed by atoms with Gasteiger partial charge >= 0.3 is 19.4 Å². The molecule has 37 heavy (non-hydrogen) atoms. The molecule has 1 aromatic carbocycles. The molecular weight excluding hydrogens is 573 g/mol. The van der Waals surface area contributed by atoms with Gasteiger partial charge in [-0.1, -0.05) is 34.1 Å². The molecule has 4 atom stereocenters. The van der Waals surface area contributed by atoms with E-state index in [1.54, 1.807) is 37.3 Å². The minimum Gasteiger partial charge on any atom is -0.465 e. The Morgan fingerprint density at radius 2 is 2.05 bits per heavy atom. The third-order valence-corrected chi connectivity index (χ3v) is 7.37. The van der Waals surface area contributed by atoms with Crippen molar-refractivity contribution in [1.29, 1.82) is 0 Å². The van der Waals surface area contributed by atoms with E-state index in [-0.39, 0.29) is 24.3 Å². The lowest BCUT2D eigenvalue weighted by Crippen LogP contribution is -2.47. The molecule has 1 aliphatic heterocycles. The molecule has 1 saturated heterocycles. The first kappa shape index (κ1) is 29.0. The summed E-state index contributed by atoms with van der Waals surface area (Å²) in [5.41, 5.74) is -2.54. The van der Waals surface area contributed by atoms with Crippen molar-refractivity contribution in [2.75, 3.05) is 13.2 Å².